The van der Waals surface area contributed by atoms with Crippen molar-refractivity contribution >= 4 is 49.6 Å². The minimum atomic E-state index is -0.320. The molecule has 1 unspecified atom stereocenters. The molecule has 0 saturated carbocycles. The van der Waals surface area contributed by atoms with E-state index < -0.39 is 0 Å². The van der Waals surface area contributed by atoms with Crippen LogP contribution >= 0.6 is 11.3 Å². The zero-order chi connectivity index (χ0) is 25.7. The maximum absolute atomic E-state index is 12.7. The van der Waals surface area contributed by atoms with Crippen LogP contribution in [0.25, 0.3) is 32.2 Å². The van der Waals surface area contributed by atoms with Gasteiger partial charge in [-0.15, -0.1) is 17.9 Å². The Hall–Kier alpha value is -3.62. The van der Waals surface area contributed by atoms with Crippen LogP contribution in [-0.2, 0) is 4.74 Å². The first-order valence-corrected chi connectivity index (χ1v) is 13.3. The minimum Gasteiger partial charge on any atom is -0.484 e. The lowest BCUT2D eigenvalue weighted by atomic mass is 10.0. The van der Waals surface area contributed by atoms with Crippen LogP contribution in [0.1, 0.15) is 30.4 Å². The number of carbonyl (C=O) groups excluding carboxylic acids is 1. The Bertz CT molecular complexity index is 1540. The summed E-state index contributed by atoms with van der Waals surface area (Å²) in [5.41, 5.74) is 4.36. The summed E-state index contributed by atoms with van der Waals surface area (Å²) in [7, 11) is 0. The molecule has 0 radical (unpaired) electrons. The Morgan fingerprint density at radius 1 is 1.27 bits per heavy atom. The summed E-state index contributed by atoms with van der Waals surface area (Å²) >= 11 is 1.52. The summed E-state index contributed by atoms with van der Waals surface area (Å²) in [6, 6.07) is 14.5. The second-order valence-electron chi connectivity index (χ2n) is 10.3. The van der Waals surface area contributed by atoms with Crippen molar-refractivity contribution < 1.29 is 14.3 Å². The van der Waals surface area contributed by atoms with Gasteiger partial charge in [0, 0.05) is 33.6 Å². The number of carbonyl (C=O) groups is 1. The molecule has 37 heavy (non-hydrogen) atoms. The molecule has 190 valence electrons. The lowest BCUT2D eigenvalue weighted by molar-refractivity contribution is 0.0836. The third-order valence-corrected chi connectivity index (χ3v) is 7.88. The van der Waals surface area contributed by atoms with Crippen LogP contribution in [0.5, 0.6) is 5.75 Å². The number of hydrogen-bond acceptors (Lipinski definition) is 7. The number of pyridine rings is 1. The quantitative estimate of drug-likeness (QED) is 0.259. The first-order valence-electron chi connectivity index (χ1n) is 12.5. The number of ether oxygens (including phenoxy) is 2. The van der Waals surface area contributed by atoms with E-state index in [1.807, 2.05) is 19.1 Å². The van der Waals surface area contributed by atoms with Crippen molar-refractivity contribution in [3.63, 3.8) is 0 Å². The molecule has 1 atom stereocenters. The number of rotatable bonds is 5. The monoisotopic (exact) mass is 514 g/mol. The van der Waals surface area contributed by atoms with E-state index in [2.05, 4.69) is 66.3 Å². The van der Waals surface area contributed by atoms with Gasteiger partial charge in [0.15, 0.2) is 0 Å². The lowest BCUT2D eigenvalue weighted by Crippen LogP contribution is -2.47. The summed E-state index contributed by atoms with van der Waals surface area (Å²) < 4.78 is 13.1. The predicted molar refractivity (Wildman–Crippen MR) is 151 cm³/mol. The molecule has 2 aromatic carbocycles. The van der Waals surface area contributed by atoms with Crippen molar-refractivity contribution in [1.29, 1.82) is 0 Å². The fourth-order valence-corrected chi connectivity index (χ4v) is 6.23. The van der Waals surface area contributed by atoms with Gasteiger partial charge >= 0.3 is 0 Å². The normalized spacial score (nSPS) is 18.4. The number of benzene rings is 2. The molecule has 2 aliphatic rings. The van der Waals surface area contributed by atoms with Gasteiger partial charge in [0.05, 0.1) is 35.7 Å². The highest BCUT2D eigenvalue weighted by Crippen LogP contribution is 2.42. The van der Waals surface area contributed by atoms with Crippen molar-refractivity contribution in [2.45, 2.75) is 32.4 Å². The largest absolute Gasteiger partial charge is 0.484 e. The van der Waals surface area contributed by atoms with E-state index in [0.29, 0.717) is 26.4 Å². The standard InChI is InChI=1S/C29H30N4O3S/c1-5-12-35-16-33-15-29(3,4)36-23-10-6-18(13-22(23)33)20-8-7-19-21(32-20)9-11-24-25(19)26-27(37-24)28(34)31-17(2)14-30-26/h5-11,13,17,30H,1,12,14-16H2,2-4H3,(H,31,34). The van der Waals surface area contributed by atoms with Crippen LogP contribution < -0.4 is 20.3 Å². The number of fused-ring (bicyclic) bond motifs is 6. The van der Waals surface area contributed by atoms with Crippen LogP contribution in [0.15, 0.2) is 55.1 Å². The highest BCUT2D eigenvalue weighted by atomic mass is 32.1. The van der Waals surface area contributed by atoms with Gasteiger partial charge in [-0.1, -0.05) is 6.08 Å². The molecule has 2 aliphatic heterocycles. The maximum atomic E-state index is 12.7. The molecule has 0 aliphatic carbocycles. The molecule has 4 heterocycles. The van der Waals surface area contributed by atoms with Crippen LogP contribution in [0, 0.1) is 0 Å². The van der Waals surface area contributed by atoms with E-state index in [1.165, 1.54) is 11.3 Å². The molecule has 4 aromatic rings. The molecular weight excluding hydrogens is 484 g/mol. The van der Waals surface area contributed by atoms with Gasteiger partial charge in [-0.2, -0.15) is 0 Å². The van der Waals surface area contributed by atoms with Crippen molar-refractivity contribution in [3.8, 4) is 17.0 Å². The summed E-state index contributed by atoms with van der Waals surface area (Å²) in [4.78, 5) is 20.7. The molecular formula is C29H30N4O3S. The highest BCUT2D eigenvalue weighted by Gasteiger charge is 2.32. The molecule has 2 aromatic heterocycles. The smallest absolute Gasteiger partial charge is 0.263 e. The Labute approximate surface area is 220 Å². The molecule has 2 N–H and O–H groups in total. The molecule has 7 nitrogen and oxygen atoms in total. The van der Waals surface area contributed by atoms with Crippen molar-refractivity contribution in [3.05, 3.63) is 60.0 Å². The minimum absolute atomic E-state index is 0.0208. The van der Waals surface area contributed by atoms with E-state index in [0.717, 1.165) is 54.2 Å². The third-order valence-electron chi connectivity index (χ3n) is 6.73. The van der Waals surface area contributed by atoms with Crippen molar-refractivity contribution in [2.24, 2.45) is 0 Å². The number of amides is 1. The first kappa shape index (κ1) is 23.8. The Kier molecular flexibility index (Phi) is 5.81. The Balaban J connectivity index is 1.41. The summed E-state index contributed by atoms with van der Waals surface area (Å²) in [5.74, 6) is 0.816. The van der Waals surface area contributed by atoms with Crippen molar-refractivity contribution in [2.75, 3.05) is 36.6 Å². The van der Waals surface area contributed by atoms with E-state index in [-0.39, 0.29) is 17.6 Å². The number of thiophene rings is 1. The number of aromatic nitrogens is 1. The summed E-state index contributed by atoms with van der Waals surface area (Å²) in [6.07, 6.45) is 1.76. The SMILES string of the molecule is C=CCOCN1CC(C)(C)Oc2ccc(-c3ccc4c(ccc5sc6c(c54)NCC(C)NC6=O)n3)cc21. The van der Waals surface area contributed by atoms with Gasteiger partial charge in [0.1, 0.15) is 23.0 Å². The highest BCUT2D eigenvalue weighted by molar-refractivity contribution is 7.21. The molecule has 0 bridgehead atoms. The van der Waals surface area contributed by atoms with Crippen LogP contribution in [-0.4, -0.2) is 49.0 Å². The fourth-order valence-electron chi connectivity index (χ4n) is 5.13. The van der Waals surface area contributed by atoms with E-state index >= 15 is 0 Å². The van der Waals surface area contributed by atoms with Crippen LogP contribution in [0.4, 0.5) is 11.4 Å². The average Bonchev–Trinajstić information content (AvgIpc) is 3.19. The summed E-state index contributed by atoms with van der Waals surface area (Å²) in [6.45, 7) is 12.3. The topological polar surface area (TPSA) is 75.7 Å². The number of nitrogens with one attached hydrogen (secondary N) is 2. The molecule has 0 saturated heterocycles. The Morgan fingerprint density at radius 2 is 2.14 bits per heavy atom. The molecule has 0 spiro atoms. The van der Waals surface area contributed by atoms with Gasteiger partial charge in [-0.05, 0) is 63.2 Å². The predicted octanol–water partition coefficient (Wildman–Crippen LogP) is 5.80. The van der Waals surface area contributed by atoms with Gasteiger partial charge in [0.25, 0.3) is 5.91 Å². The van der Waals surface area contributed by atoms with Gasteiger partial charge in [-0.3, -0.25) is 4.79 Å². The Morgan fingerprint density at radius 3 is 2.97 bits per heavy atom. The lowest BCUT2D eigenvalue weighted by Gasteiger charge is -2.40. The molecule has 8 heteroatoms. The zero-order valence-electron chi connectivity index (χ0n) is 21.3. The second-order valence-corrected chi connectivity index (χ2v) is 11.3. The van der Waals surface area contributed by atoms with Crippen molar-refractivity contribution in [1.82, 2.24) is 10.3 Å². The van der Waals surface area contributed by atoms with Crippen LogP contribution in [0.2, 0.25) is 0 Å². The van der Waals surface area contributed by atoms with Crippen LogP contribution in [0.3, 0.4) is 0 Å². The summed E-state index contributed by atoms with van der Waals surface area (Å²) in [5, 5.41) is 8.65. The van der Waals surface area contributed by atoms with E-state index in [9.17, 15) is 4.79 Å². The average molecular weight is 515 g/mol. The van der Waals surface area contributed by atoms with E-state index in [4.69, 9.17) is 14.5 Å². The maximum Gasteiger partial charge on any atom is 0.263 e. The fraction of sp³-hybridized carbons (Fsp3) is 0.310. The number of nitrogens with zero attached hydrogens (tertiary/aromatic N) is 2. The molecule has 0 fully saturated rings. The van der Waals surface area contributed by atoms with Gasteiger partial charge in [0.2, 0.25) is 0 Å². The second kappa shape index (κ2) is 9.04. The first-order chi connectivity index (χ1) is 17.8. The van der Waals surface area contributed by atoms with Gasteiger partial charge < -0.3 is 25.0 Å². The van der Waals surface area contributed by atoms with E-state index in [1.54, 1.807) is 6.08 Å². The number of anilines is 2. The molecule has 1 amide bonds. The number of hydrogen-bond donors (Lipinski definition) is 2. The molecule has 6 rings (SSSR count). The third kappa shape index (κ3) is 4.30. The van der Waals surface area contributed by atoms with Gasteiger partial charge in [-0.25, -0.2) is 4.98 Å². The zero-order valence-corrected chi connectivity index (χ0v) is 22.1.